The third kappa shape index (κ3) is 4.44. The predicted octanol–water partition coefficient (Wildman–Crippen LogP) is 1.61. The van der Waals surface area contributed by atoms with E-state index < -0.39 is 0 Å². The molecule has 3 N–H and O–H groups in total. The van der Waals surface area contributed by atoms with Crippen molar-refractivity contribution in [2.24, 2.45) is 5.73 Å². The smallest absolute Gasteiger partial charge is 0.257 e. The van der Waals surface area contributed by atoms with Crippen LogP contribution in [0.2, 0.25) is 0 Å². The maximum Gasteiger partial charge on any atom is 0.257 e. The Bertz CT molecular complexity index is 364. The van der Waals surface area contributed by atoms with Crippen molar-refractivity contribution in [3.8, 4) is 5.75 Å². The summed E-state index contributed by atoms with van der Waals surface area (Å²) in [5, 5.41) is 2.76. The minimum Gasteiger partial charge on any atom is -0.483 e. The highest BCUT2D eigenvalue weighted by Crippen LogP contribution is 2.22. The highest BCUT2D eigenvalue weighted by Gasteiger charge is 2.08. The largest absolute Gasteiger partial charge is 0.483 e. The van der Waals surface area contributed by atoms with Gasteiger partial charge in [0.1, 0.15) is 5.75 Å². The van der Waals surface area contributed by atoms with Crippen LogP contribution in [0.5, 0.6) is 5.75 Å². The van der Waals surface area contributed by atoms with E-state index in [4.69, 9.17) is 10.5 Å². The summed E-state index contributed by atoms with van der Waals surface area (Å²) in [5.74, 6) is 0.570. The maximum atomic E-state index is 11.4. The van der Waals surface area contributed by atoms with Gasteiger partial charge in [0, 0.05) is 18.2 Å². The summed E-state index contributed by atoms with van der Waals surface area (Å²) in [5.41, 5.74) is 6.73. The number of hydrogen-bond donors (Lipinski definition) is 2. The summed E-state index contributed by atoms with van der Waals surface area (Å²) in [6.07, 6.45) is 0.919. The third-order valence-electron chi connectivity index (χ3n) is 2.34. The molecule has 0 saturated heterocycles. The van der Waals surface area contributed by atoms with Crippen LogP contribution in [0.1, 0.15) is 31.9 Å². The van der Waals surface area contributed by atoms with E-state index in [1.165, 1.54) is 0 Å². The van der Waals surface area contributed by atoms with Crippen molar-refractivity contribution >= 4 is 5.91 Å². The van der Waals surface area contributed by atoms with Crippen LogP contribution in [0.25, 0.3) is 0 Å². The van der Waals surface area contributed by atoms with Gasteiger partial charge in [0.25, 0.3) is 5.91 Å². The van der Waals surface area contributed by atoms with Gasteiger partial charge in [-0.2, -0.15) is 0 Å². The normalized spacial score (nSPS) is 11.9. The fourth-order valence-corrected chi connectivity index (χ4v) is 1.45. The fourth-order valence-electron chi connectivity index (χ4n) is 1.45. The molecule has 0 heterocycles. The fraction of sp³-hybridized carbons (Fsp3) is 0.462. The highest BCUT2D eigenvalue weighted by molar-refractivity contribution is 5.77. The van der Waals surface area contributed by atoms with Crippen LogP contribution in [0.3, 0.4) is 0 Å². The van der Waals surface area contributed by atoms with Gasteiger partial charge in [-0.25, -0.2) is 0 Å². The molecule has 0 unspecified atom stereocenters. The van der Waals surface area contributed by atoms with Crippen molar-refractivity contribution in [1.82, 2.24) is 5.32 Å². The Kier molecular flexibility index (Phi) is 5.49. The number of hydrogen-bond acceptors (Lipinski definition) is 3. The average molecular weight is 236 g/mol. The van der Waals surface area contributed by atoms with Crippen molar-refractivity contribution < 1.29 is 9.53 Å². The van der Waals surface area contributed by atoms with Crippen molar-refractivity contribution in [1.29, 1.82) is 0 Å². The first-order chi connectivity index (χ1) is 8.15. The quantitative estimate of drug-likeness (QED) is 0.788. The van der Waals surface area contributed by atoms with Crippen LogP contribution < -0.4 is 15.8 Å². The molecule has 0 radical (unpaired) electrons. The molecule has 1 atom stereocenters. The standard InChI is InChI=1S/C13H20N2O2/c1-3-8-15-13(16)9-17-12-7-5-4-6-11(12)10(2)14/h4-7,10H,3,8-9,14H2,1-2H3,(H,15,16)/t10-/m1/s1. The summed E-state index contributed by atoms with van der Waals surface area (Å²) in [4.78, 5) is 11.4. The Hall–Kier alpha value is -1.55. The molecule has 0 fully saturated rings. The Morgan fingerprint density at radius 1 is 1.47 bits per heavy atom. The topological polar surface area (TPSA) is 64.3 Å². The maximum absolute atomic E-state index is 11.4. The Morgan fingerprint density at radius 2 is 2.18 bits per heavy atom. The lowest BCUT2D eigenvalue weighted by Gasteiger charge is -2.13. The van der Waals surface area contributed by atoms with Crippen molar-refractivity contribution in [2.45, 2.75) is 26.3 Å². The second kappa shape index (κ2) is 6.91. The van der Waals surface area contributed by atoms with Crippen LogP contribution in [0.15, 0.2) is 24.3 Å². The molecule has 17 heavy (non-hydrogen) atoms. The molecule has 0 aliphatic carbocycles. The van der Waals surface area contributed by atoms with E-state index in [1.807, 2.05) is 38.1 Å². The average Bonchev–Trinajstić information content (AvgIpc) is 2.34. The number of carbonyl (C=O) groups excluding carboxylic acids is 1. The van der Waals surface area contributed by atoms with E-state index in [-0.39, 0.29) is 18.6 Å². The van der Waals surface area contributed by atoms with Gasteiger partial charge in [0.05, 0.1) is 0 Å². The minimum absolute atomic E-state index is 0.0315. The summed E-state index contributed by atoms with van der Waals surface area (Å²) < 4.78 is 5.47. The number of rotatable bonds is 6. The zero-order valence-corrected chi connectivity index (χ0v) is 10.4. The molecule has 0 bridgehead atoms. The number of para-hydroxylation sites is 1. The molecule has 0 aliphatic rings. The first-order valence-electron chi connectivity index (χ1n) is 5.89. The summed E-state index contributed by atoms with van der Waals surface area (Å²) >= 11 is 0. The number of ether oxygens (including phenoxy) is 1. The molecule has 0 aromatic heterocycles. The lowest BCUT2D eigenvalue weighted by atomic mass is 10.1. The molecular weight excluding hydrogens is 216 g/mol. The van der Waals surface area contributed by atoms with Crippen molar-refractivity contribution in [3.63, 3.8) is 0 Å². The first kappa shape index (κ1) is 13.5. The number of carbonyl (C=O) groups is 1. The van der Waals surface area contributed by atoms with Crippen molar-refractivity contribution in [2.75, 3.05) is 13.2 Å². The van der Waals surface area contributed by atoms with E-state index in [2.05, 4.69) is 5.32 Å². The molecule has 1 aromatic carbocycles. The van der Waals surface area contributed by atoms with E-state index in [1.54, 1.807) is 0 Å². The second-order valence-electron chi connectivity index (χ2n) is 3.97. The zero-order valence-electron chi connectivity index (χ0n) is 10.4. The Morgan fingerprint density at radius 3 is 2.82 bits per heavy atom. The van der Waals surface area contributed by atoms with Crippen LogP contribution in [-0.2, 0) is 4.79 Å². The summed E-state index contributed by atoms with van der Waals surface area (Å²) in [6.45, 7) is 4.60. The Labute approximate surface area is 102 Å². The number of nitrogens with one attached hydrogen (secondary N) is 1. The van der Waals surface area contributed by atoms with Crippen LogP contribution in [0.4, 0.5) is 0 Å². The molecule has 4 heteroatoms. The van der Waals surface area contributed by atoms with Gasteiger partial charge >= 0.3 is 0 Å². The lowest BCUT2D eigenvalue weighted by Crippen LogP contribution is -2.29. The van der Waals surface area contributed by atoms with E-state index >= 15 is 0 Å². The molecule has 94 valence electrons. The van der Waals surface area contributed by atoms with E-state index in [9.17, 15) is 4.79 Å². The van der Waals surface area contributed by atoms with Crippen LogP contribution >= 0.6 is 0 Å². The van der Waals surface area contributed by atoms with E-state index in [0.717, 1.165) is 12.0 Å². The molecule has 0 aliphatic heterocycles. The Balaban J connectivity index is 2.54. The van der Waals surface area contributed by atoms with Gasteiger partial charge in [-0.15, -0.1) is 0 Å². The molecule has 1 amide bonds. The molecule has 4 nitrogen and oxygen atoms in total. The summed E-state index contributed by atoms with van der Waals surface area (Å²) in [7, 11) is 0. The van der Waals surface area contributed by atoms with Crippen molar-refractivity contribution in [3.05, 3.63) is 29.8 Å². The molecule has 1 rings (SSSR count). The molecule has 1 aromatic rings. The van der Waals surface area contributed by atoms with Crippen LogP contribution in [-0.4, -0.2) is 19.1 Å². The van der Waals surface area contributed by atoms with Gasteiger partial charge in [-0.05, 0) is 19.4 Å². The number of benzene rings is 1. The van der Waals surface area contributed by atoms with Crippen LogP contribution in [0, 0.1) is 0 Å². The zero-order chi connectivity index (χ0) is 12.7. The van der Waals surface area contributed by atoms with E-state index in [0.29, 0.717) is 12.3 Å². The van der Waals surface area contributed by atoms with Gasteiger partial charge in [0.2, 0.25) is 0 Å². The lowest BCUT2D eigenvalue weighted by molar-refractivity contribution is -0.123. The SMILES string of the molecule is CCCNC(=O)COc1ccccc1[C@@H](C)N. The number of amides is 1. The van der Waals surface area contributed by atoms with Gasteiger partial charge in [0.15, 0.2) is 6.61 Å². The summed E-state index contributed by atoms with van der Waals surface area (Å²) in [6, 6.07) is 7.40. The predicted molar refractivity (Wildman–Crippen MR) is 67.8 cm³/mol. The second-order valence-corrected chi connectivity index (χ2v) is 3.97. The third-order valence-corrected chi connectivity index (χ3v) is 2.34. The molecular formula is C13H20N2O2. The monoisotopic (exact) mass is 236 g/mol. The highest BCUT2D eigenvalue weighted by atomic mass is 16.5. The van der Waals surface area contributed by atoms with Gasteiger partial charge in [-0.1, -0.05) is 25.1 Å². The number of nitrogens with two attached hydrogens (primary N) is 1. The van der Waals surface area contributed by atoms with Gasteiger partial charge < -0.3 is 15.8 Å². The first-order valence-corrected chi connectivity index (χ1v) is 5.89. The molecule has 0 spiro atoms. The van der Waals surface area contributed by atoms with Gasteiger partial charge in [-0.3, -0.25) is 4.79 Å². The molecule has 0 saturated carbocycles. The minimum atomic E-state index is -0.107.